The summed E-state index contributed by atoms with van der Waals surface area (Å²) < 4.78 is 5.18. The number of carbonyl (C=O) groups is 1. The Hall–Kier alpha value is -3.08. The van der Waals surface area contributed by atoms with Crippen molar-refractivity contribution in [1.82, 2.24) is 0 Å². The van der Waals surface area contributed by atoms with Crippen molar-refractivity contribution in [1.29, 1.82) is 0 Å². The van der Waals surface area contributed by atoms with Crippen LogP contribution in [0.15, 0.2) is 57.7 Å². The maximum atomic E-state index is 12.1. The molecular formula is C18H16N2O3. The number of anilines is 2. The molecule has 0 radical (unpaired) electrons. The molecule has 0 saturated carbocycles. The Balaban J connectivity index is 1.79. The number of nitrogen functional groups attached to an aromatic ring is 1. The molecule has 0 fully saturated rings. The Kier molecular flexibility index (Phi) is 3.85. The van der Waals surface area contributed by atoms with Crippen LogP contribution in [0.25, 0.3) is 11.0 Å². The van der Waals surface area contributed by atoms with Crippen LogP contribution in [0.2, 0.25) is 0 Å². The van der Waals surface area contributed by atoms with E-state index in [1.54, 1.807) is 24.3 Å². The van der Waals surface area contributed by atoms with E-state index in [0.29, 0.717) is 17.0 Å². The van der Waals surface area contributed by atoms with Gasteiger partial charge in [0, 0.05) is 28.9 Å². The van der Waals surface area contributed by atoms with Gasteiger partial charge in [0.15, 0.2) is 0 Å². The zero-order valence-electron chi connectivity index (χ0n) is 12.6. The maximum Gasteiger partial charge on any atom is 0.336 e. The van der Waals surface area contributed by atoms with E-state index in [2.05, 4.69) is 5.32 Å². The fourth-order valence-electron chi connectivity index (χ4n) is 2.43. The van der Waals surface area contributed by atoms with E-state index in [1.165, 1.54) is 6.07 Å². The van der Waals surface area contributed by atoms with E-state index >= 15 is 0 Å². The average Bonchev–Trinajstić information content (AvgIpc) is 2.49. The molecule has 3 aromatic rings. The lowest BCUT2D eigenvalue weighted by atomic mass is 10.1. The van der Waals surface area contributed by atoms with Gasteiger partial charge in [-0.1, -0.05) is 12.1 Å². The molecule has 5 nitrogen and oxygen atoms in total. The molecule has 116 valence electrons. The van der Waals surface area contributed by atoms with Crippen LogP contribution < -0.4 is 16.7 Å². The van der Waals surface area contributed by atoms with Crippen molar-refractivity contribution in [2.24, 2.45) is 0 Å². The van der Waals surface area contributed by atoms with Gasteiger partial charge in [-0.25, -0.2) is 4.79 Å². The van der Waals surface area contributed by atoms with Crippen LogP contribution in [0.3, 0.4) is 0 Å². The molecule has 0 atom stereocenters. The lowest BCUT2D eigenvalue weighted by molar-refractivity contribution is -0.115. The summed E-state index contributed by atoms with van der Waals surface area (Å²) in [6, 6.07) is 13.9. The molecule has 5 heteroatoms. The van der Waals surface area contributed by atoms with Crippen molar-refractivity contribution in [3.63, 3.8) is 0 Å². The highest BCUT2D eigenvalue weighted by atomic mass is 16.4. The summed E-state index contributed by atoms with van der Waals surface area (Å²) in [6.07, 6.45) is 0.246. The predicted molar refractivity (Wildman–Crippen MR) is 90.4 cm³/mol. The van der Waals surface area contributed by atoms with Crippen molar-refractivity contribution in [2.75, 3.05) is 11.1 Å². The van der Waals surface area contributed by atoms with Crippen molar-refractivity contribution < 1.29 is 9.21 Å². The van der Waals surface area contributed by atoms with Gasteiger partial charge in [0.25, 0.3) is 0 Å². The Morgan fingerprint density at radius 2 is 1.87 bits per heavy atom. The maximum absolute atomic E-state index is 12.1. The molecule has 0 aliphatic rings. The quantitative estimate of drug-likeness (QED) is 0.575. The van der Waals surface area contributed by atoms with Crippen LogP contribution in [-0.2, 0) is 11.2 Å². The van der Waals surface area contributed by atoms with Crippen LogP contribution >= 0.6 is 0 Å². The Bertz CT molecular complexity index is 927. The van der Waals surface area contributed by atoms with Gasteiger partial charge in [-0.3, -0.25) is 4.79 Å². The molecule has 0 unspecified atom stereocenters. The van der Waals surface area contributed by atoms with Gasteiger partial charge in [0.2, 0.25) is 5.91 Å². The third-order valence-electron chi connectivity index (χ3n) is 3.58. The number of hydrogen-bond acceptors (Lipinski definition) is 4. The van der Waals surface area contributed by atoms with Crippen LogP contribution in [0.1, 0.15) is 11.1 Å². The summed E-state index contributed by atoms with van der Waals surface area (Å²) in [4.78, 5) is 23.5. The molecule has 23 heavy (non-hydrogen) atoms. The minimum absolute atomic E-state index is 0.149. The second kappa shape index (κ2) is 5.96. The lowest BCUT2D eigenvalue weighted by Crippen LogP contribution is -2.14. The first-order valence-corrected chi connectivity index (χ1v) is 7.20. The molecule has 0 aliphatic carbocycles. The third-order valence-corrected chi connectivity index (χ3v) is 3.58. The molecule has 2 aromatic carbocycles. The van der Waals surface area contributed by atoms with Crippen molar-refractivity contribution in [3.8, 4) is 0 Å². The van der Waals surface area contributed by atoms with Crippen molar-refractivity contribution in [2.45, 2.75) is 13.3 Å². The fraction of sp³-hybridized carbons (Fsp3) is 0.111. The first kappa shape index (κ1) is 14.8. The van der Waals surface area contributed by atoms with E-state index in [-0.39, 0.29) is 12.3 Å². The number of nitrogens with one attached hydrogen (secondary N) is 1. The number of fused-ring (bicyclic) bond motifs is 1. The first-order chi connectivity index (χ1) is 11.0. The highest BCUT2D eigenvalue weighted by molar-refractivity contribution is 5.94. The second-order valence-electron chi connectivity index (χ2n) is 5.43. The molecule has 1 aromatic heterocycles. The smallest absolute Gasteiger partial charge is 0.336 e. The van der Waals surface area contributed by atoms with Gasteiger partial charge in [-0.2, -0.15) is 0 Å². The molecule has 0 saturated heterocycles. The first-order valence-electron chi connectivity index (χ1n) is 7.20. The molecular weight excluding hydrogens is 292 g/mol. The van der Waals surface area contributed by atoms with Gasteiger partial charge in [-0.05, 0) is 42.3 Å². The Labute approximate surface area is 132 Å². The fourth-order valence-corrected chi connectivity index (χ4v) is 2.43. The highest BCUT2D eigenvalue weighted by Crippen LogP contribution is 2.21. The van der Waals surface area contributed by atoms with Crippen molar-refractivity contribution >= 4 is 28.3 Å². The van der Waals surface area contributed by atoms with E-state index in [9.17, 15) is 9.59 Å². The van der Waals surface area contributed by atoms with E-state index < -0.39 is 5.63 Å². The van der Waals surface area contributed by atoms with E-state index in [0.717, 1.165) is 16.5 Å². The number of amides is 1. The van der Waals surface area contributed by atoms with E-state index in [1.807, 2.05) is 25.1 Å². The number of benzene rings is 2. The summed E-state index contributed by atoms with van der Waals surface area (Å²) >= 11 is 0. The Morgan fingerprint density at radius 3 is 2.61 bits per heavy atom. The van der Waals surface area contributed by atoms with E-state index in [4.69, 9.17) is 10.2 Å². The molecule has 0 bridgehead atoms. The molecule has 0 aliphatic heterocycles. The Morgan fingerprint density at radius 1 is 1.13 bits per heavy atom. The summed E-state index contributed by atoms with van der Waals surface area (Å²) in [5.41, 5.74) is 8.65. The number of aryl methyl sites for hydroxylation is 1. The second-order valence-corrected chi connectivity index (χ2v) is 5.43. The summed E-state index contributed by atoms with van der Waals surface area (Å²) in [6.45, 7) is 1.85. The largest absolute Gasteiger partial charge is 0.423 e. The number of hydrogen-bond donors (Lipinski definition) is 2. The van der Waals surface area contributed by atoms with Gasteiger partial charge < -0.3 is 15.5 Å². The topological polar surface area (TPSA) is 85.3 Å². The monoisotopic (exact) mass is 308 g/mol. The molecule has 3 N–H and O–H groups in total. The lowest BCUT2D eigenvalue weighted by Gasteiger charge is -2.07. The van der Waals surface area contributed by atoms with Crippen LogP contribution in [0, 0.1) is 6.92 Å². The standard InChI is InChI=1S/C18H16N2O3/c1-11-8-18(22)23-16-10-14(6-7-15(11)16)20-17(21)9-12-2-4-13(19)5-3-12/h2-8,10H,9,19H2,1H3,(H,20,21). The number of nitrogens with two attached hydrogens (primary N) is 1. The molecule has 0 spiro atoms. The van der Waals surface area contributed by atoms with Crippen molar-refractivity contribution in [3.05, 3.63) is 70.1 Å². The van der Waals surface area contributed by atoms with Gasteiger partial charge >= 0.3 is 5.63 Å². The predicted octanol–water partition coefficient (Wildman–Crippen LogP) is 2.86. The minimum atomic E-state index is -0.402. The third kappa shape index (κ3) is 3.40. The summed E-state index contributed by atoms with van der Waals surface area (Å²) in [7, 11) is 0. The van der Waals surface area contributed by atoms with Crippen LogP contribution in [-0.4, -0.2) is 5.91 Å². The normalized spacial score (nSPS) is 10.7. The SMILES string of the molecule is Cc1cc(=O)oc2cc(NC(=O)Cc3ccc(N)cc3)ccc12. The van der Waals surface area contributed by atoms with Gasteiger partial charge in [0.1, 0.15) is 5.58 Å². The molecule has 1 amide bonds. The summed E-state index contributed by atoms with van der Waals surface area (Å²) in [5.74, 6) is -0.149. The highest BCUT2D eigenvalue weighted by Gasteiger charge is 2.07. The van der Waals surface area contributed by atoms with Crippen LogP contribution in [0.5, 0.6) is 0 Å². The summed E-state index contributed by atoms with van der Waals surface area (Å²) in [5, 5.41) is 3.65. The minimum Gasteiger partial charge on any atom is -0.423 e. The van der Waals surface area contributed by atoms with Crippen LogP contribution in [0.4, 0.5) is 11.4 Å². The number of rotatable bonds is 3. The zero-order valence-corrected chi connectivity index (χ0v) is 12.6. The average molecular weight is 308 g/mol. The molecule has 3 rings (SSSR count). The van der Waals surface area contributed by atoms with Gasteiger partial charge in [0.05, 0.1) is 6.42 Å². The zero-order chi connectivity index (χ0) is 16.4. The molecule has 1 heterocycles. The van der Waals surface area contributed by atoms with Gasteiger partial charge in [-0.15, -0.1) is 0 Å². The number of carbonyl (C=O) groups excluding carboxylic acids is 1.